The van der Waals surface area contributed by atoms with Gasteiger partial charge in [-0.2, -0.15) is 5.10 Å². The van der Waals surface area contributed by atoms with Gasteiger partial charge in [0.1, 0.15) is 5.75 Å². The van der Waals surface area contributed by atoms with E-state index in [9.17, 15) is 5.11 Å². The maximum absolute atomic E-state index is 9.60. The van der Waals surface area contributed by atoms with Crippen LogP contribution in [-0.4, -0.2) is 22.5 Å². The predicted molar refractivity (Wildman–Crippen MR) is 86.0 cm³/mol. The number of hydrogen-bond donors (Lipinski definition) is 3. The van der Waals surface area contributed by atoms with Crippen LogP contribution in [0.5, 0.6) is 5.75 Å². The van der Waals surface area contributed by atoms with Gasteiger partial charge in [-0.3, -0.25) is 5.43 Å². The molecule has 0 amide bonds. The van der Waals surface area contributed by atoms with E-state index in [4.69, 9.17) is 12.2 Å². The summed E-state index contributed by atoms with van der Waals surface area (Å²) in [5.41, 5.74) is 3.47. The molecule has 1 aromatic rings. The Balaban J connectivity index is 1.81. The highest BCUT2D eigenvalue weighted by molar-refractivity contribution is 7.80. The Labute approximate surface area is 125 Å². The average Bonchev–Trinajstić information content (AvgIpc) is 2.43. The Hall–Kier alpha value is -1.62. The SMILES string of the molecule is C[C@H]1CCCC[C@H]1NC(=S)N/N=C/c1ccccc1O. The third-order valence-electron chi connectivity index (χ3n) is 3.73. The maximum Gasteiger partial charge on any atom is 0.187 e. The molecule has 4 nitrogen and oxygen atoms in total. The van der Waals surface area contributed by atoms with Crippen molar-refractivity contribution >= 4 is 23.5 Å². The van der Waals surface area contributed by atoms with E-state index in [2.05, 4.69) is 22.8 Å². The summed E-state index contributed by atoms with van der Waals surface area (Å²) in [6.45, 7) is 2.25. The largest absolute Gasteiger partial charge is 0.507 e. The second-order valence-electron chi connectivity index (χ2n) is 5.27. The van der Waals surface area contributed by atoms with Crippen LogP contribution in [0, 0.1) is 5.92 Å². The van der Waals surface area contributed by atoms with E-state index in [0.717, 1.165) is 6.42 Å². The van der Waals surface area contributed by atoms with Crippen molar-refractivity contribution in [2.75, 3.05) is 0 Å². The molecule has 0 radical (unpaired) electrons. The van der Waals surface area contributed by atoms with Crippen molar-refractivity contribution in [3.63, 3.8) is 0 Å². The topological polar surface area (TPSA) is 56.7 Å². The number of para-hydroxylation sites is 1. The molecule has 0 heterocycles. The zero-order valence-corrected chi connectivity index (χ0v) is 12.5. The molecule has 1 aromatic carbocycles. The Morgan fingerprint density at radius 3 is 2.85 bits per heavy atom. The van der Waals surface area contributed by atoms with E-state index in [0.29, 0.717) is 22.6 Å². The standard InChI is InChI=1S/C15H21N3OS/c1-11-6-2-4-8-13(11)17-15(20)18-16-10-12-7-3-5-9-14(12)19/h3,5,7,9-11,13,19H,2,4,6,8H2,1H3,(H2,17,18,20)/b16-10+/t11-,13+/m0/s1. The van der Waals surface area contributed by atoms with Crippen LogP contribution in [0.4, 0.5) is 0 Å². The second-order valence-corrected chi connectivity index (χ2v) is 5.68. The van der Waals surface area contributed by atoms with Gasteiger partial charge in [0.05, 0.1) is 6.21 Å². The van der Waals surface area contributed by atoms with Gasteiger partial charge < -0.3 is 10.4 Å². The van der Waals surface area contributed by atoms with Gasteiger partial charge in [-0.1, -0.05) is 31.9 Å². The van der Waals surface area contributed by atoms with E-state index in [1.54, 1.807) is 24.4 Å². The Morgan fingerprint density at radius 2 is 2.10 bits per heavy atom. The molecule has 1 saturated carbocycles. The quantitative estimate of drug-likeness (QED) is 0.455. The zero-order valence-electron chi connectivity index (χ0n) is 11.7. The molecule has 0 spiro atoms. The molecule has 1 aliphatic rings. The first-order valence-corrected chi connectivity index (χ1v) is 7.45. The minimum Gasteiger partial charge on any atom is -0.507 e. The van der Waals surface area contributed by atoms with E-state index in [1.807, 2.05) is 6.07 Å². The lowest BCUT2D eigenvalue weighted by Crippen LogP contribution is -2.44. The number of thiocarbonyl (C=S) groups is 1. The van der Waals surface area contributed by atoms with Gasteiger partial charge in [0.2, 0.25) is 0 Å². The molecule has 0 aliphatic heterocycles. The van der Waals surface area contributed by atoms with Crippen LogP contribution in [-0.2, 0) is 0 Å². The van der Waals surface area contributed by atoms with Crippen molar-refractivity contribution in [2.45, 2.75) is 38.6 Å². The molecule has 1 fully saturated rings. The van der Waals surface area contributed by atoms with Gasteiger partial charge >= 0.3 is 0 Å². The minimum absolute atomic E-state index is 0.206. The summed E-state index contributed by atoms with van der Waals surface area (Å²) in [5, 5.41) is 17.5. The highest BCUT2D eigenvalue weighted by Gasteiger charge is 2.21. The van der Waals surface area contributed by atoms with Crippen LogP contribution in [0.2, 0.25) is 0 Å². The fourth-order valence-corrected chi connectivity index (χ4v) is 2.69. The number of benzene rings is 1. The van der Waals surface area contributed by atoms with Crippen LogP contribution in [0.3, 0.4) is 0 Å². The minimum atomic E-state index is 0.206. The van der Waals surface area contributed by atoms with Crippen molar-refractivity contribution in [3.8, 4) is 5.75 Å². The fraction of sp³-hybridized carbons (Fsp3) is 0.467. The van der Waals surface area contributed by atoms with Crippen LogP contribution in [0.25, 0.3) is 0 Å². The Kier molecular flexibility index (Phi) is 5.35. The molecule has 1 aliphatic carbocycles. The number of hydrogen-bond acceptors (Lipinski definition) is 3. The molecular weight excluding hydrogens is 270 g/mol. The molecule has 0 aromatic heterocycles. The molecule has 2 rings (SSSR count). The van der Waals surface area contributed by atoms with E-state index < -0.39 is 0 Å². The molecule has 0 unspecified atom stereocenters. The number of rotatable bonds is 3. The van der Waals surface area contributed by atoms with Crippen molar-refractivity contribution in [1.29, 1.82) is 0 Å². The van der Waals surface area contributed by atoms with Crippen molar-refractivity contribution in [1.82, 2.24) is 10.7 Å². The van der Waals surface area contributed by atoms with E-state index >= 15 is 0 Å². The van der Waals surface area contributed by atoms with Crippen molar-refractivity contribution in [3.05, 3.63) is 29.8 Å². The van der Waals surface area contributed by atoms with Gasteiger partial charge in [0.15, 0.2) is 5.11 Å². The average molecular weight is 291 g/mol. The molecule has 2 atom stereocenters. The van der Waals surface area contributed by atoms with Gasteiger partial charge in [0, 0.05) is 11.6 Å². The van der Waals surface area contributed by atoms with Gasteiger partial charge in [-0.15, -0.1) is 0 Å². The molecule has 3 N–H and O–H groups in total. The number of hydrazone groups is 1. The number of nitrogens with one attached hydrogen (secondary N) is 2. The first kappa shape index (κ1) is 14.8. The van der Waals surface area contributed by atoms with Gasteiger partial charge in [0.25, 0.3) is 0 Å². The number of phenolic OH excluding ortho intramolecular Hbond substituents is 1. The lowest BCUT2D eigenvalue weighted by Gasteiger charge is -2.30. The van der Waals surface area contributed by atoms with E-state index in [1.165, 1.54) is 19.3 Å². The monoisotopic (exact) mass is 291 g/mol. The molecule has 20 heavy (non-hydrogen) atoms. The van der Waals surface area contributed by atoms with Gasteiger partial charge in [-0.25, -0.2) is 0 Å². The number of nitrogens with zero attached hydrogens (tertiary/aromatic N) is 1. The van der Waals surface area contributed by atoms with E-state index in [-0.39, 0.29) is 5.75 Å². The lowest BCUT2D eigenvalue weighted by molar-refractivity contribution is 0.308. The highest BCUT2D eigenvalue weighted by atomic mass is 32.1. The fourth-order valence-electron chi connectivity index (χ4n) is 2.49. The van der Waals surface area contributed by atoms with Crippen LogP contribution in [0.15, 0.2) is 29.4 Å². The van der Waals surface area contributed by atoms with Gasteiger partial charge in [-0.05, 0) is 43.1 Å². The highest BCUT2D eigenvalue weighted by Crippen LogP contribution is 2.23. The van der Waals surface area contributed by atoms with Crippen LogP contribution in [0.1, 0.15) is 38.2 Å². The Bertz CT molecular complexity index is 490. The Morgan fingerprint density at radius 1 is 1.35 bits per heavy atom. The third-order valence-corrected chi connectivity index (χ3v) is 3.94. The second kappa shape index (κ2) is 7.24. The molecular formula is C15H21N3OS. The predicted octanol–water partition coefficient (Wildman–Crippen LogP) is 2.77. The number of phenols is 1. The summed E-state index contributed by atoms with van der Waals surface area (Å²) in [6.07, 6.45) is 6.54. The summed E-state index contributed by atoms with van der Waals surface area (Å²) < 4.78 is 0. The number of aromatic hydroxyl groups is 1. The maximum atomic E-state index is 9.60. The first-order chi connectivity index (χ1) is 9.66. The van der Waals surface area contributed by atoms with Crippen molar-refractivity contribution in [2.24, 2.45) is 11.0 Å². The first-order valence-electron chi connectivity index (χ1n) is 7.04. The van der Waals surface area contributed by atoms with Crippen LogP contribution >= 0.6 is 12.2 Å². The molecule has 108 valence electrons. The summed E-state index contributed by atoms with van der Waals surface area (Å²) in [6, 6.07) is 7.48. The third kappa shape index (κ3) is 4.20. The lowest BCUT2D eigenvalue weighted by atomic mass is 9.86. The van der Waals surface area contributed by atoms with Crippen LogP contribution < -0.4 is 10.7 Å². The summed E-state index contributed by atoms with van der Waals surface area (Å²) in [7, 11) is 0. The molecule has 5 heteroatoms. The smallest absolute Gasteiger partial charge is 0.187 e. The van der Waals surface area contributed by atoms with Crippen molar-refractivity contribution < 1.29 is 5.11 Å². The zero-order chi connectivity index (χ0) is 14.4. The normalized spacial score (nSPS) is 22.6. The molecule has 0 bridgehead atoms. The molecule has 0 saturated heterocycles. The summed E-state index contributed by atoms with van der Waals surface area (Å²) >= 11 is 5.24. The summed E-state index contributed by atoms with van der Waals surface area (Å²) in [4.78, 5) is 0. The summed E-state index contributed by atoms with van der Waals surface area (Å²) in [5.74, 6) is 0.850.